The number of aliphatic imine (C=N–C) groups is 1. The zero-order valence-corrected chi connectivity index (χ0v) is 20.2. The van der Waals surface area contributed by atoms with Crippen LogP contribution in [0.4, 0.5) is 4.79 Å². The molecule has 1 aliphatic rings. The average Bonchev–Trinajstić information content (AvgIpc) is 3.16. The minimum Gasteiger partial charge on any atom is -0.444 e. The summed E-state index contributed by atoms with van der Waals surface area (Å²) < 4.78 is 7.28. The molecule has 0 atom stereocenters. The van der Waals surface area contributed by atoms with E-state index in [-0.39, 0.29) is 30.1 Å². The zero-order valence-electron chi connectivity index (χ0n) is 17.8. The molecule has 0 saturated carbocycles. The normalized spacial score (nSPS) is 15.0. The maximum absolute atomic E-state index is 12.1. The van der Waals surface area contributed by atoms with Gasteiger partial charge in [-0.15, -0.1) is 24.0 Å². The number of benzene rings is 1. The number of amides is 1. The lowest BCUT2D eigenvalue weighted by molar-refractivity contribution is 0.0186. The minimum atomic E-state index is -0.483. The first-order valence-electron chi connectivity index (χ1n) is 9.93. The molecule has 164 valence electrons. The molecule has 9 heteroatoms. The Labute approximate surface area is 195 Å². The number of nitrogens with zero attached hydrogens (tertiary/aromatic N) is 5. The van der Waals surface area contributed by atoms with Crippen LogP contribution in [0.5, 0.6) is 0 Å². The summed E-state index contributed by atoms with van der Waals surface area (Å²) in [6.45, 7) is 8.67. The number of carbonyl (C=O) groups is 1. The predicted octanol–water partition coefficient (Wildman–Crippen LogP) is 2.90. The average molecular weight is 526 g/mol. The molecular weight excluding hydrogens is 495 g/mol. The maximum Gasteiger partial charge on any atom is 0.410 e. The Bertz CT molecular complexity index is 839. The highest BCUT2D eigenvalue weighted by molar-refractivity contribution is 14.0. The third-order valence-electron chi connectivity index (χ3n) is 4.59. The van der Waals surface area contributed by atoms with Gasteiger partial charge >= 0.3 is 6.09 Å². The van der Waals surface area contributed by atoms with Gasteiger partial charge < -0.3 is 20.3 Å². The molecule has 0 bridgehead atoms. The van der Waals surface area contributed by atoms with E-state index in [9.17, 15) is 4.79 Å². The molecule has 0 spiro atoms. The molecule has 1 amide bonds. The van der Waals surface area contributed by atoms with Crippen LogP contribution in [0.1, 0.15) is 26.3 Å². The molecule has 0 unspecified atom stereocenters. The summed E-state index contributed by atoms with van der Waals surface area (Å²) in [5.74, 6) is 0.518. The SMILES string of the molecule is CC(C)(C)OC(=O)N1CCN(C(N)=NCCc2cnn(-c3ccccc3)c2)CC1.I. The quantitative estimate of drug-likeness (QED) is 0.376. The van der Waals surface area contributed by atoms with Gasteiger partial charge in [0, 0.05) is 38.9 Å². The second kappa shape index (κ2) is 10.6. The molecule has 0 aliphatic carbocycles. The van der Waals surface area contributed by atoms with Crippen molar-refractivity contribution >= 4 is 36.0 Å². The molecule has 2 heterocycles. The molecule has 0 radical (unpaired) electrons. The second-order valence-electron chi connectivity index (χ2n) is 8.07. The van der Waals surface area contributed by atoms with Gasteiger partial charge in [0.1, 0.15) is 5.60 Å². The van der Waals surface area contributed by atoms with Crippen LogP contribution in [0.15, 0.2) is 47.7 Å². The summed E-state index contributed by atoms with van der Waals surface area (Å²) in [6, 6.07) is 10.0. The van der Waals surface area contributed by atoms with Gasteiger partial charge in [-0.05, 0) is 44.9 Å². The van der Waals surface area contributed by atoms with Gasteiger partial charge in [0.05, 0.1) is 11.9 Å². The van der Waals surface area contributed by atoms with E-state index in [1.165, 1.54) is 0 Å². The van der Waals surface area contributed by atoms with Crippen LogP contribution in [0.25, 0.3) is 5.69 Å². The number of hydrogen-bond acceptors (Lipinski definition) is 4. The molecular formula is C21H31IN6O2. The number of para-hydroxylation sites is 1. The summed E-state index contributed by atoms with van der Waals surface area (Å²) in [5, 5.41) is 4.40. The van der Waals surface area contributed by atoms with Crippen molar-refractivity contribution < 1.29 is 9.53 Å². The standard InChI is InChI=1S/C21H30N6O2.HI/c1-21(2,3)29-20(28)26-13-11-25(12-14-26)19(22)23-10-9-17-15-24-27(16-17)18-7-5-4-6-8-18;/h4-8,15-16H,9-14H2,1-3H3,(H2,22,23);1H. The van der Waals surface area contributed by atoms with Crippen LogP contribution >= 0.6 is 24.0 Å². The predicted molar refractivity (Wildman–Crippen MR) is 129 cm³/mol. The Hall–Kier alpha value is -2.30. The molecule has 1 fully saturated rings. The molecule has 1 aliphatic heterocycles. The minimum absolute atomic E-state index is 0. The van der Waals surface area contributed by atoms with E-state index in [0.29, 0.717) is 38.7 Å². The fraction of sp³-hybridized carbons (Fsp3) is 0.476. The first kappa shape index (κ1) is 24.0. The summed E-state index contributed by atoms with van der Waals surface area (Å²) in [4.78, 5) is 20.4. The van der Waals surface area contributed by atoms with Crippen LogP contribution in [0.2, 0.25) is 0 Å². The van der Waals surface area contributed by atoms with Crippen LogP contribution in [0.3, 0.4) is 0 Å². The summed E-state index contributed by atoms with van der Waals surface area (Å²) in [7, 11) is 0. The smallest absolute Gasteiger partial charge is 0.410 e. The van der Waals surface area contributed by atoms with Gasteiger partial charge in [0.2, 0.25) is 0 Å². The Morgan fingerprint density at radius 2 is 1.77 bits per heavy atom. The Balaban J connectivity index is 0.00000320. The fourth-order valence-electron chi connectivity index (χ4n) is 3.06. The third-order valence-corrected chi connectivity index (χ3v) is 4.59. The van der Waals surface area contributed by atoms with Crippen LogP contribution < -0.4 is 5.73 Å². The first-order valence-corrected chi connectivity index (χ1v) is 9.93. The highest BCUT2D eigenvalue weighted by atomic mass is 127. The molecule has 3 rings (SSSR count). The van der Waals surface area contributed by atoms with E-state index in [4.69, 9.17) is 10.5 Å². The molecule has 2 aromatic rings. The van der Waals surface area contributed by atoms with Crippen LogP contribution in [-0.2, 0) is 11.2 Å². The van der Waals surface area contributed by atoms with E-state index in [1.54, 1.807) is 4.90 Å². The van der Waals surface area contributed by atoms with Crippen molar-refractivity contribution in [3.05, 3.63) is 48.3 Å². The van der Waals surface area contributed by atoms with Gasteiger partial charge in [-0.3, -0.25) is 4.99 Å². The number of piperazine rings is 1. The second-order valence-corrected chi connectivity index (χ2v) is 8.07. The van der Waals surface area contributed by atoms with Crippen molar-refractivity contribution in [3.8, 4) is 5.69 Å². The summed E-state index contributed by atoms with van der Waals surface area (Å²) in [5.41, 5.74) is 7.81. The Kier molecular flexibility index (Phi) is 8.51. The maximum atomic E-state index is 12.1. The first-order chi connectivity index (χ1) is 13.8. The number of rotatable bonds is 4. The van der Waals surface area contributed by atoms with E-state index in [2.05, 4.69) is 10.1 Å². The number of aromatic nitrogens is 2. The van der Waals surface area contributed by atoms with Crippen molar-refractivity contribution in [2.75, 3.05) is 32.7 Å². The van der Waals surface area contributed by atoms with Gasteiger partial charge in [-0.25, -0.2) is 9.48 Å². The molecule has 1 saturated heterocycles. The number of halogens is 1. The van der Waals surface area contributed by atoms with E-state index >= 15 is 0 Å². The van der Waals surface area contributed by atoms with Crippen LogP contribution in [0, 0.1) is 0 Å². The van der Waals surface area contributed by atoms with Crippen molar-refractivity contribution in [2.24, 2.45) is 10.7 Å². The van der Waals surface area contributed by atoms with Gasteiger partial charge in [-0.2, -0.15) is 5.10 Å². The van der Waals surface area contributed by atoms with Crippen molar-refractivity contribution in [2.45, 2.75) is 32.8 Å². The highest BCUT2D eigenvalue weighted by Crippen LogP contribution is 2.12. The number of guanidine groups is 1. The highest BCUT2D eigenvalue weighted by Gasteiger charge is 2.26. The van der Waals surface area contributed by atoms with E-state index in [1.807, 2.05) is 73.1 Å². The monoisotopic (exact) mass is 526 g/mol. The van der Waals surface area contributed by atoms with Crippen molar-refractivity contribution in [1.82, 2.24) is 19.6 Å². The molecule has 2 N–H and O–H groups in total. The Morgan fingerprint density at radius 3 is 2.40 bits per heavy atom. The molecule has 30 heavy (non-hydrogen) atoms. The fourth-order valence-corrected chi connectivity index (χ4v) is 3.06. The van der Waals surface area contributed by atoms with Crippen LogP contribution in [-0.4, -0.2) is 70.0 Å². The summed E-state index contributed by atoms with van der Waals surface area (Å²) in [6.07, 6.45) is 4.37. The zero-order chi connectivity index (χ0) is 20.9. The summed E-state index contributed by atoms with van der Waals surface area (Å²) >= 11 is 0. The largest absolute Gasteiger partial charge is 0.444 e. The number of carbonyl (C=O) groups excluding carboxylic acids is 1. The Morgan fingerprint density at radius 1 is 1.13 bits per heavy atom. The number of nitrogens with two attached hydrogens (primary N) is 1. The van der Waals surface area contributed by atoms with Crippen molar-refractivity contribution in [3.63, 3.8) is 0 Å². The topological polar surface area (TPSA) is 89.0 Å². The lowest BCUT2D eigenvalue weighted by atomic mass is 10.2. The van der Waals surface area contributed by atoms with Crippen molar-refractivity contribution in [1.29, 1.82) is 0 Å². The van der Waals surface area contributed by atoms with Gasteiger partial charge in [0.25, 0.3) is 0 Å². The van der Waals surface area contributed by atoms with Gasteiger partial charge in [-0.1, -0.05) is 18.2 Å². The van der Waals surface area contributed by atoms with E-state index < -0.39 is 5.60 Å². The lowest BCUT2D eigenvalue weighted by Gasteiger charge is -2.36. The number of ether oxygens (including phenoxy) is 1. The molecule has 1 aromatic heterocycles. The van der Waals surface area contributed by atoms with Gasteiger partial charge in [0.15, 0.2) is 5.96 Å². The molecule has 8 nitrogen and oxygen atoms in total. The number of hydrogen-bond donors (Lipinski definition) is 1. The van der Waals surface area contributed by atoms with E-state index in [0.717, 1.165) is 17.7 Å². The third kappa shape index (κ3) is 6.89. The molecule has 1 aromatic carbocycles. The lowest BCUT2D eigenvalue weighted by Crippen LogP contribution is -2.53.